The molecule has 1 heterocycles. The molecule has 0 radical (unpaired) electrons. The van der Waals surface area contributed by atoms with E-state index in [1.54, 1.807) is 34.6 Å². The van der Waals surface area contributed by atoms with Gasteiger partial charge in [-0.05, 0) is 76.9 Å². The zero-order valence-electron chi connectivity index (χ0n) is 22.1. The second-order valence-corrected chi connectivity index (χ2v) is 10.5. The molecule has 3 rings (SSSR count). The number of nitrogens with zero attached hydrogens (tertiary/aromatic N) is 1. The fourth-order valence-electron chi connectivity index (χ4n) is 3.77. The van der Waals surface area contributed by atoms with Gasteiger partial charge in [-0.3, -0.25) is 19.0 Å². The van der Waals surface area contributed by atoms with Crippen LogP contribution in [0.2, 0.25) is 0 Å². The molecule has 3 N–H and O–H groups in total. The van der Waals surface area contributed by atoms with Crippen molar-refractivity contribution in [3.05, 3.63) is 92.8 Å². The Balaban J connectivity index is 1.88. The standard InChI is InChI=1S/C28H29F4N3O4/c1-27(2,3)39-26(38)28(4,5)34-11-10-15-12-20(31)23(21(32)13-15)35-22(36)9-8-18(25(35)33)24(37)17-7-6-16(29)14-19(17)30/h6-9,12-14,34H,10-11,33H2,1-5H3. The molecular formula is C28H29F4N3O4. The Morgan fingerprint density at radius 1 is 0.897 bits per heavy atom. The zero-order valence-corrected chi connectivity index (χ0v) is 22.1. The first-order valence-electron chi connectivity index (χ1n) is 12.0. The number of aromatic nitrogens is 1. The van der Waals surface area contributed by atoms with Crippen molar-refractivity contribution >= 4 is 17.6 Å². The van der Waals surface area contributed by atoms with E-state index in [0.29, 0.717) is 10.6 Å². The van der Waals surface area contributed by atoms with Crippen LogP contribution in [0.15, 0.2) is 47.3 Å². The molecule has 0 saturated carbocycles. The molecule has 7 nitrogen and oxygen atoms in total. The number of rotatable bonds is 8. The number of ketones is 1. The number of nitrogens with two attached hydrogens (primary N) is 1. The number of carbonyl (C=O) groups excluding carboxylic acids is 2. The predicted molar refractivity (Wildman–Crippen MR) is 138 cm³/mol. The van der Waals surface area contributed by atoms with Crippen molar-refractivity contribution in [2.24, 2.45) is 0 Å². The SMILES string of the molecule is CC(C)(C)OC(=O)C(C)(C)NCCc1cc(F)c(-n2c(N)c(C(=O)c3ccc(F)cc3F)ccc2=O)c(F)c1. The van der Waals surface area contributed by atoms with Crippen LogP contribution in [0.25, 0.3) is 5.69 Å². The smallest absolute Gasteiger partial charge is 0.326 e. The number of esters is 1. The van der Waals surface area contributed by atoms with Crippen molar-refractivity contribution in [1.29, 1.82) is 0 Å². The molecule has 0 aliphatic carbocycles. The number of nitrogens with one attached hydrogen (secondary N) is 1. The van der Waals surface area contributed by atoms with Crippen LogP contribution in [0.3, 0.4) is 0 Å². The highest BCUT2D eigenvalue weighted by Gasteiger charge is 2.32. The third-order valence-corrected chi connectivity index (χ3v) is 5.74. The number of ether oxygens (including phenoxy) is 1. The van der Waals surface area contributed by atoms with E-state index in [9.17, 15) is 23.2 Å². The van der Waals surface area contributed by atoms with Gasteiger partial charge in [0, 0.05) is 18.7 Å². The largest absolute Gasteiger partial charge is 0.459 e. The maximum absolute atomic E-state index is 15.2. The Labute approximate surface area is 222 Å². The molecule has 0 amide bonds. The maximum Gasteiger partial charge on any atom is 0.326 e. The minimum atomic E-state index is -1.16. The molecule has 0 saturated heterocycles. The van der Waals surface area contributed by atoms with Crippen LogP contribution < -0.4 is 16.6 Å². The van der Waals surface area contributed by atoms with Gasteiger partial charge in [0.05, 0.1) is 11.1 Å². The van der Waals surface area contributed by atoms with Gasteiger partial charge >= 0.3 is 5.97 Å². The van der Waals surface area contributed by atoms with Gasteiger partial charge in [0.1, 0.15) is 34.3 Å². The third-order valence-electron chi connectivity index (χ3n) is 5.74. The van der Waals surface area contributed by atoms with Gasteiger partial charge in [-0.2, -0.15) is 0 Å². The van der Waals surface area contributed by atoms with Crippen LogP contribution in [0.4, 0.5) is 23.4 Å². The highest BCUT2D eigenvalue weighted by atomic mass is 19.1. The molecule has 2 aromatic carbocycles. The number of benzene rings is 2. The Morgan fingerprint density at radius 3 is 2.05 bits per heavy atom. The van der Waals surface area contributed by atoms with E-state index in [1.165, 1.54) is 0 Å². The minimum Gasteiger partial charge on any atom is -0.459 e. The molecule has 0 fully saturated rings. The number of halogens is 4. The summed E-state index contributed by atoms with van der Waals surface area (Å²) < 4.78 is 63.6. The summed E-state index contributed by atoms with van der Waals surface area (Å²) in [6, 6.07) is 6.13. The lowest BCUT2D eigenvalue weighted by Crippen LogP contribution is -2.50. The summed E-state index contributed by atoms with van der Waals surface area (Å²) >= 11 is 0. The second kappa shape index (κ2) is 11.0. The first-order chi connectivity index (χ1) is 18.0. The average Bonchev–Trinajstić information content (AvgIpc) is 2.79. The number of anilines is 1. The average molecular weight is 548 g/mol. The first-order valence-corrected chi connectivity index (χ1v) is 12.0. The van der Waals surface area contributed by atoms with Gasteiger partial charge in [0.2, 0.25) is 0 Å². The van der Waals surface area contributed by atoms with E-state index >= 15 is 8.78 Å². The number of carbonyl (C=O) groups is 2. The molecule has 3 aromatic rings. The zero-order chi connectivity index (χ0) is 29.3. The molecule has 0 aliphatic rings. The molecule has 0 spiro atoms. The van der Waals surface area contributed by atoms with Crippen molar-refractivity contribution in [3.63, 3.8) is 0 Å². The van der Waals surface area contributed by atoms with E-state index < -0.39 is 74.4 Å². The minimum absolute atomic E-state index is 0.118. The summed E-state index contributed by atoms with van der Waals surface area (Å²) in [5, 5.41) is 2.99. The van der Waals surface area contributed by atoms with Gasteiger partial charge in [-0.25, -0.2) is 17.6 Å². The Bertz CT molecular complexity index is 1470. The Hall–Kier alpha value is -3.99. The lowest BCUT2D eigenvalue weighted by atomic mass is 10.0. The van der Waals surface area contributed by atoms with Crippen molar-refractivity contribution in [3.8, 4) is 5.69 Å². The van der Waals surface area contributed by atoms with Gasteiger partial charge in [-0.15, -0.1) is 0 Å². The van der Waals surface area contributed by atoms with Gasteiger partial charge in [0.15, 0.2) is 17.4 Å². The first kappa shape index (κ1) is 29.6. The van der Waals surface area contributed by atoms with E-state index in [0.717, 1.165) is 36.4 Å². The van der Waals surface area contributed by atoms with Crippen LogP contribution in [-0.2, 0) is 16.0 Å². The van der Waals surface area contributed by atoms with E-state index in [4.69, 9.17) is 10.5 Å². The van der Waals surface area contributed by atoms with Gasteiger partial charge in [0.25, 0.3) is 5.56 Å². The predicted octanol–water partition coefficient (Wildman–Crippen LogP) is 4.46. The van der Waals surface area contributed by atoms with Crippen molar-refractivity contribution in [2.45, 2.75) is 52.2 Å². The van der Waals surface area contributed by atoms with Crippen molar-refractivity contribution in [1.82, 2.24) is 9.88 Å². The molecular weight excluding hydrogens is 518 g/mol. The quantitative estimate of drug-likeness (QED) is 0.245. The topological polar surface area (TPSA) is 103 Å². The van der Waals surface area contributed by atoms with Crippen LogP contribution in [0.1, 0.15) is 56.1 Å². The number of hydrogen-bond acceptors (Lipinski definition) is 6. The van der Waals surface area contributed by atoms with Crippen LogP contribution in [0.5, 0.6) is 0 Å². The summed E-state index contributed by atoms with van der Waals surface area (Å²) in [5.74, 6) is -6.47. The number of hydrogen-bond donors (Lipinski definition) is 2. The lowest BCUT2D eigenvalue weighted by molar-refractivity contribution is -0.161. The highest BCUT2D eigenvalue weighted by molar-refractivity contribution is 6.11. The summed E-state index contributed by atoms with van der Waals surface area (Å²) in [4.78, 5) is 37.8. The highest BCUT2D eigenvalue weighted by Crippen LogP contribution is 2.25. The maximum atomic E-state index is 15.2. The third kappa shape index (κ3) is 6.72. The summed E-state index contributed by atoms with van der Waals surface area (Å²) in [6.07, 6.45) is 0.118. The number of nitrogen functional groups attached to an aromatic ring is 1. The molecule has 0 bridgehead atoms. The fraction of sp³-hybridized carbons (Fsp3) is 0.321. The van der Waals surface area contributed by atoms with Gasteiger partial charge in [-0.1, -0.05) is 0 Å². The number of pyridine rings is 1. The normalized spacial score (nSPS) is 11.9. The van der Waals surface area contributed by atoms with E-state index in [-0.39, 0.29) is 18.5 Å². The second-order valence-electron chi connectivity index (χ2n) is 10.5. The summed E-state index contributed by atoms with van der Waals surface area (Å²) in [7, 11) is 0. The lowest BCUT2D eigenvalue weighted by Gasteiger charge is -2.29. The van der Waals surface area contributed by atoms with Crippen LogP contribution in [-0.4, -0.2) is 34.0 Å². The van der Waals surface area contributed by atoms with E-state index in [2.05, 4.69) is 5.32 Å². The molecule has 39 heavy (non-hydrogen) atoms. The summed E-state index contributed by atoms with van der Waals surface area (Å²) in [5.41, 5.74) is 1.73. The van der Waals surface area contributed by atoms with Crippen molar-refractivity contribution < 1.29 is 31.9 Å². The molecule has 1 aromatic heterocycles. The molecule has 0 unspecified atom stereocenters. The van der Waals surface area contributed by atoms with Crippen molar-refractivity contribution in [2.75, 3.05) is 12.3 Å². The molecule has 0 atom stereocenters. The molecule has 11 heteroatoms. The van der Waals surface area contributed by atoms with Crippen LogP contribution >= 0.6 is 0 Å². The molecule has 0 aliphatic heterocycles. The Kier molecular flexibility index (Phi) is 8.35. The van der Waals surface area contributed by atoms with E-state index in [1.807, 2.05) is 0 Å². The summed E-state index contributed by atoms with van der Waals surface area (Å²) in [6.45, 7) is 8.61. The molecule has 208 valence electrons. The fourth-order valence-corrected chi connectivity index (χ4v) is 3.77. The Morgan fingerprint density at radius 2 is 1.49 bits per heavy atom. The van der Waals surface area contributed by atoms with Gasteiger partial charge < -0.3 is 15.8 Å². The monoisotopic (exact) mass is 547 g/mol. The van der Waals surface area contributed by atoms with Crippen LogP contribution in [0, 0.1) is 23.3 Å².